The van der Waals surface area contributed by atoms with Crippen molar-refractivity contribution in [2.75, 3.05) is 0 Å². The first kappa shape index (κ1) is 19.2. The van der Waals surface area contributed by atoms with Gasteiger partial charge in [0.1, 0.15) is 23.0 Å². The van der Waals surface area contributed by atoms with Gasteiger partial charge in [0, 0.05) is 13.1 Å². The average Bonchev–Trinajstić information content (AvgIpc) is 2.72. The Labute approximate surface area is 160 Å². The van der Waals surface area contributed by atoms with Gasteiger partial charge < -0.3 is 10.6 Å². The lowest BCUT2D eigenvalue weighted by Crippen LogP contribution is -2.27. The van der Waals surface area contributed by atoms with Crippen LogP contribution < -0.4 is 10.6 Å². The molecule has 28 heavy (non-hydrogen) atoms. The van der Waals surface area contributed by atoms with Crippen LogP contribution in [0.3, 0.4) is 0 Å². The summed E-state index contributed by atoms with van der Waals surface area (Å²) in [4.78, 5) is 28.6. The van der Waals surface area contributed by atoms with Crippen LogP contribution in [0.25, 0.3) is 0 Å². The van der Waals surface area contributed by atoms with E-state index in [1.54, 1.807) is 30.3 Å². The van der Waals surface area contributed by atoms with Crippen LogP contribution >= 0.6 is 0 Å². The Morgan fingerprint density at radius 2 is 1.07 bits per heavy atom. The van der Waals surface area contributed by atoms with E-state index in [9.17, 15) is 18.4 Å². The maximum atomic E-state index is 12.9. The van der Waals surface area contributed by atoms with Crippen molar-refractivity contribution < 1.29 is 18.4 Å². The largest absolute Gasteiger partial charge is 0.347 e. The van der Waals surface area contributed by atoms with Crippen LogP contribution in [-0.2, 0) is 13.1 Å². The second kappa shape index (κ2) is 8.85. The van der Waals surface area contributed by atoms with E-state index in [4.69, 9.17) is 0 Å². The maximum Gasteiger partial charge on any atom is 0.270 e. The third-order valence-corrected chi connectivity index (χ3v) is 3.95. The molecule has 2 aromatic carbocycles. The normalized spacial score (nSPS) is 10.4. The first-order chi connectivity index (χ1) is 13.5. The SMILES string of the molecule is O=C(NCc1ccc(F)cc1)c1cccc(C(=O)NCc2ccc(F)cc2)n1. The quantitative estimate of drug-likeness (QED) is 0.689. The van der Waals surface area contributed by atoms with E-state index in [1.807, 2.05) is 0 Å². The summed E-state index contributed by atoms with van der Waals surface area (Å²) in [6.45, 7) is 0.420. The summed E-state index contributed by atoms with van der Waals surface area (Å²) < 4.78 is 25.8. The highest BCUT2D eigenvalue weighted by molar-refractivity contribution is 5.96. The minimum absolute atomic E-state index is 0.0940. The zero-order valence-electron chi connectivity index (χ0n) is 14.8. The molecule has 0 unspecified atom stereocenters. The molecular formula is C21H17F2N3O2. The number of benzene rings is 2. The van der Waals surface area contributed by atoms with Crippen molar-refractivity contribution in [3.63, 3.8) is 0 Å². The van der Waals surface area contributed by atoms with Gasteiger partial charge in [-0.1, -0.05) is 30.3 Å². The third-order valence-electron chi connectivity index (χ3n) is 3.95. The van der Waals surface area contributed by atoms with Gasteiger partial charge in [-0.05, 0) is 47.5 Å². The van der Waals surface area contributed by atoms with Crippen molar-refractivity contribution in [1.82, 2.24) is 15.6 Å². The van der Waals surface area contributed by atoms with E-state index in [1.165, 1.54) is 36.4 Å². The number of nitrogens with one attached hydrogen (secondary N) is 2. The number of carbonyl (C=O) groups excluding carboxylic acids is 2. The fraction of sp³-hybridized carbons (Fsp3) is 0.0952. The molecule has 3 rings (SSSR count). The van der Waals surface area contributed by atoms with E-state index >= 15 is 0 Å². The molecule has 5 nitrogen and oxygen atoms in total. The van der Waals surface area contributed by atoms with Crippen molar-refractivity contribution in [1.29, 1.82) is 0 Å². The summed E-state index contributed by atoms with van der Waals surface area (Å²) in [7, 11) is 0. The number of rotatable bonds is 6. The van der Waals surface area contributed by atoms with Crippen LogP contribution in [0.4, 0.5) is 8.78 Å². The van der Waals surface area contributed by atoms with E-state index in [-0.39, 0.29) is 36.1 Å². The molecule has 0 aliphatic rings. The smallest absolute Gasteiger partial charge is 0.270 e. The lowest BCUT2D eigenvalue weighted by Gasteiger charge is -2.08. The van der Waals surface area contributed by atoms with Crippen molar-refractivity contribution in [2.24, 2.45) is 0 Å². The molecule has 0 aliphatic carbocycles. The van der Waals surface area contributed by atoms with Crippen LogP contribution in [0.1, 0.15) is 32.1 Å². The number of nitrogens with zero attached hydrogens (tertiary/aromatic N) is 1. The van der Waals surface area contributed by atoms with Crippen molar-refractivity contribution >= 4 is 11.8 Å². The van der Waals surface area contributed by atoms with Gasteiger partial charge in [0.2, 0.25) is 0 Å². The van der Waals surface area contributed by atoms with Gasteiger partial charge >= 0.3 is 0 Å². The molecule has 0 aliphatic heterocycles. The fourth-order valence-electron chi connectivity index (χ4n) is 2.44. The predicted molar refractivity (Wildman–Crippen MR) is 99.4 cm³/mol. The number of aromatic nitrogens is 1. The molecule has 2 N–H and O–H groups in total. The molecule has 0 saturated carbocycles. The van der Waals surface area contributed by atoms with Crippen molar-refractivity contribution in [3.05, 3.63) is 101 Å². The number of hydrogen-bond donors (Lipinski definition) is 2. The maximum absolute atomic E-state index is 12.9. The van der Waals surface area contributed by atoms with Gasteiger partial charge in [-0.25, -0.2) is 13.8 Å². The standard InChI is InChI=1S/C21H17F2N3O2/c22-16-8-4-14(5-9-16)12-24-20(27)18-2-1-3-19(26-18)21(28)25-13-15-6-10-17(23)11-7-15/h1-11H,12-13H2,(H,24,27)(H,25,28). The second-order valence-corrected chi connectivity index (χ2v) is 6.03. The van der Waals surface area contributed by atoms with Crippen molar-refractivity contribution in [2.45, 2.75) is 13.1 Å². The Kier molecular flexibility index (Phi) is 6.06. The molecule has 0 bridgehead atoms. The minimum Gasteiger partial charge on any atom is -0.347 e. The minimum atomic E-state index is -0.447. The van der Waals surface area contributed by atoms with Gasteiger partial charge in [0.15, 0.2) is 0 Å². The summed E-state index contributed by atoms with van der Waals surface area (Å²) >= 11 is 0. The molecule has 0 radical (unpaired) electrons. The van der Waals surface area contributed by atoms with E-state index in [0.717, 1.165) is 11.1 Å². The average molecular weight is 381 g/mol. The number of halogens is 2. The Morgan fingerprint density at radius 3 is 1.46 bits per heavy atom. The summed E-state index contributed by atoms with van der Waals surface area (Å²) in [5.74, 6) is -1.60. The highest BCUT2D eigenvalue weighted by Gasteiger charge is 2.12. The molecule has 3 aromatic rings. The van der Waals surface area contributed by atoms with Gasteiger partial charge in [-0.15, -0.1) is 0 Å². The fourth-order valence-corrected chi connectivity index (χ4v) is 2.44. The molecule has 0 saturated heterocycles. The van der Waals surface area contributed by atoms with E-state index in [2.05, 4.69) is 15.6 Å². The number of hydrogen-bond acceptors (Lipinski definition) is 3. The van der Waals surface area contributed by atoms with Crippen LogP contribution in [0.2, 0.25) is 0 Å². The topological polar surface area (TPSA) is 71.1 Å². The van der Waals surface area contributed by atoms with Crippen LogP contribution in [-0.4, -0.2) is 16.8 Å². The molecule has 7 heteroatoms. The van der Waals surface area contributed by atoms with Gasteiger partial charge in [0.05, 0.1) is 0 Å². The molecular weight excluding hydrogens is 364 g/mol. The molecule has 1 aromatic heterocycles. The first-order valence-corrected chi connectivity index (χ1v) is 8.53. The van der Waals surface area contributed by atoms with E-state index in [0.29, 0.717) is 0 Å². The number of carbonyl (C=O) groups is 2. The highest BCUT2D eigenvalue weighted by atomic mass is 19.1. The van der Waals surface area contributed by atoms with Crippen LogP contribution in [0, 0.1) is 11.6 Å². The molecule has 1 heterocycles. The molecule has 0 spiro atoms. The number of pyridine rings is 1. The monoisotopic (exact) mass is 381 g/mol. The molecule has 0 fully saturated rings. The molecule has 2 amide bonds. The van der Waals surface area contributed by atoms with Gasteiger partial charge in [-0.3, -0.25) is 9.59 Å². The Bertz CT molecular complexity index is 897. The summed E-state index contributed by atoms with van der Waals surface area (Å²) in [5, 5.41) is 5.35. The van der Waals surface area contributed by atoms with E-state index < -0.39 is 11.8 Å². The molecule has 142 valence electrons. The van der Waals surface area contributed by atoms with Gasteiger partial charge in [0.25, 0.3) is 11.8 Å². The zero-order valence-corrected chi connectivity index (χ0v) is 14.8. The van der Waals surface area contributed by atoms with Gasteiger partial charge in [-0.2, -0.15) is 0 Å². The lowest BCUT2D eigenvalue weighted by molar-refractivity contribution is 0.0941. The Hall–Kier alpha value is -3.61. The predicted octanol–water partition coefficient (Wildman–Crippen LogP) is 3.22. The first-order valence-electron chi connectivity index (χ1n) is 8.53. The highest BCUT2D eigenvalue weighted by Crippen LogP contribution is 2.05. The van der Waals surface area contributed by atoms with Crippen molar-refractivity contribution in [3.8, 4) is 0 Å². The Morgan fingerprint density at radius 1 is 0.679 bits per heavy atom. The van der Waals surface area contributed by atoms with Crippen LogP contribution in [0.5, 0.6) is 0 Å². The summed E-state index contributed by atoms with van der Waals surface area (Å²) in [5.41, 5.74) is 1.67. The molecule has 0 atom stereocenters. The summed E-state index contributed by atoms with van der Waals surface area (Å²) in [6, 6.07) is 16.1. The Balaban J connectivity index is 1.58. The zero-order chi connectivity index (χ0) is 19.9. The second-order valence-electron chi connectivity index (χ2n) is 6.03. The lowest BCUT2D eigenvalue weighted by atomic mass is 10.2. The summed E-state index contributed by atoms with van der Waals surface area (Å²) in [6.07, 6.45) is 0. The third kappa shape index (κ3) is 5.20. The number of amides is 2. The van der Waals surface area contributed by atoms with Crippen LogP contribution in [0.15, 0.2) is 66.7 Å².